The zero-order chi connectivity index (χ0) is 12.3. The maximum atomic E-state index is 6.17. The Balaban J connectivity index is 2.86. The Morgan fingerprint density at radius 2 is 1.88 bits per heavy atom. The lowest BCUT2D eigenvalue weighted by Crippen LogP contribution is -2.39. The first-order valence-corrected chi connectivity index (χ1v) is 6.21. The maximum Gasteiger partial charge on any atom is 0.0453 e. The van der Waals surface area contributed by atoms with E-state index in [2.05, 4.69) is 26.1 Å². The van der Waals surface area contributed by atoms with Gasteiger partial charge in [0.2, 0.25) is 0 Å². The van der Waals surface area contributed by atoms with Crippen molar-refractivity contribution >= 4 is 23.2 Å². The molecule has 0 fully saturated rings. The van der Waals surface area contributed by atoms with Crippen molar-refractivity contribution in [3.05, 3.63) is 33.8 Å². The SMILES string of the molecule is CNC(Cc1ccc(Cl)cc1Cl)C(C)(C)C. The fourth-order valence-corrected chi connectivity index (χ4v) is 2.23. The highest BCUT2D eigenvalue weighted by molar-refractivity contribution is 6.35. The highest BCUT2D eigenvalue weighted by Gasteiger charge is 2.23. The Morgan fingerprint density at radius 1 is 1.25 bits per heavy atom. The van der Waals surface area contributed by atoms with Crippen molar-refractivity contribution in [3.63, 3.8) is 0 Å². The molecule has 0 saturated carbocycles. The summed E-state index contributed by atoms with van der Waals surface area (Å²) in [5.74, 6) is 0. The van der Waals surface area contributed by atoms with Gasteiger partial charge < -0.3 is 5.32 Å². The number of halogens is 2. The molecule has 0 bridgehead atoms. The minimum atomic E-state index is 0.206. The van der Waals surface area contributed by atoms with E-state index in [9.17, 15) is 0 Å². The van der Waals surface area contributed by atoms with Crippen LogP contribution in [0.3, 0.4) is 0 Å². The summed E-state index contributed by atoms with van der Waals surface area (Å²) in [6, 6.07) is 6.08. The summed E-state index contributed by atoms with van der Waals surface area (Å²) in [7, 11) is 1.99. The summed E-state index contributed by atoms with van der Waals surface area (Å²) in [6.07, 6.45) is 0.913. The lowest BCUT2D eigenvalue weighted by molar-refractivity contribution is 0.280. The molecule has 90 valence electrons. The van der Waals surface area contributed by atoms with Crippen molar-refractivity contribution in [2.75, 3.05) is 7.05 Å². The maximum absolute atomic E-state index is 6.17. The molecule has 0 aromatic heterocycles. The summed E-state index contributed by atoms with van der Waals surface area (Å²) in [4.78, 5) is 0. The van der Waals surface area contributed by atoms with Crippen molar-refractivity contribution < 1.29 is 0 Å². The quantitative estimate of drug-likeness (QED) is 0.860. The van der Waals surface area contributed by atoms with Crippen LogP contribution in [0.25, 0.3) is 0 Å². The molecule has 0 aliphatic carbocycles. The first-order chi connectivity index (χ1) is 7.34. The first-order valence-electron chi connectivity index (χ1n) is 5.46. The molecule has 1 rings (SSSR count). The van der Waals surface area contributed by atoms with E-state index in [4.69, 9.17) is 23.2 Å². The number of likely N-dealkylation sites (N-methyl/N-ethyl adjacent to an activating group) is 1. The summed E-state index contributed by atoms with van der Waals surface area (Å²) < 4.78 is 0. The number of hydrogen-bond acceptors (Lipinski definition) is 1. The molecule has 16 heavy (non-hydrogen) atoms. The molecule has 3 heteroatoms. The van der Waals surface area contributed by atoms with Crippen LogP contribution in [0.4, 0.5) is 0 Å². The van der Waals surface area contributed by atoms with Crippen LogP contribution in [0.2, 0.25) is 10.0 Å². The second-order valence-electron chi connectivity index (χ2n) is 5.15. The van der Waals surface area contributed by atoms with Crippen LogP contribution in [0.15, 0.2) is 18.2 Å². The van der Waals surface area contributed by atoms with E-state index in [-0.39, 0.29) is 5.41 Å². The van der Waals surface area contributed by atoms with Crippen LogP contribution in [0.1, 0.15) is 26.3 Å². The summed E-state index contributed by atoms with van der Waals surface area (Å²) in [5.41, 5.74) is 1.35. The smallest absolute Gasteiger partial charge is 0.0453 e. The van der Waals surface area contributed by atoms with Gasteiger partial charge in [0.05, 0.1) is 0 Å². The van der Waals surface area contributed by atoms with Crippen LogP contribution >= 0.6 is 23.2 Å². The standard InChI is InChI=1S/C13H19Cl2N/c1-13(2,3)12(16-4)7-9-5-6-10(14)8-11(9)15/h5-6,8,12,16H,7H2,1-4H3. The second kappa shape index (κ2) is 5.39. The van der Waals surface area contributed by atoms with Crippen molar-refractivity contribution in [2.24, 2.45) is 5.41 Å². The van der Waals surface area contributed by atoms with Crippen LogP contribution < -0.4 is 5.32 Å². The van der Waals surface area contributed by atoms with Crippen LogP contribution in [-0.2, 0) is 6.42 Å². The van der Waals surface area contributed by atoms with Gasteiger partial charge in [0.15, 0.2) is 0 Å². The fraction of sp³-hybridized carbons (Fsp3) is 0.538. The highest BCUT2D eigenvalue weighted by atomic mass is 35.5. The van der Waals surface area contributed by atoms with Gasteiger partial charge in [-0.1, -0.05) is 50.0 Å². The van der Waals surface area contributed by atoms with E-state index in [1.807, 2.05) is 19.2 Å². The molecule has 0 radical (unpaired) electrons. The second-order valence-corrected chi connectivity index (χ2v) is 5.99. The molecule has 1 aromatic rings. The Hall–Kier alpha value is -0.240. The lowest BCUT2D eigenvalue weighted by Gasteiger charge is -2.30. The van der Waals surface area contributed by atoms with E-state index >= 15 is 0 Å². The predicted octanol–water partition coefficient (Wildman–Crippen LogP) is 4.17. The third-order valence-electron chi connectivity index (χ3n) is 2.83. The van der Waals surface area contributed by atoms with Crippen LogP contribution in [0, 0.1) is 5.41 Å². The third-order valence-corrected chi connectivity index (χ3v) is 3.42. The Kier molecular flexibility index (Phi) is 4.66. The lowest BCUT2D eigenvalue weighted by atomic mass is 9.83. The van der Waals surface area contributed by atoms with Gasteiger partial charge in [-0.3, -0.25) is 0 Å². The topological polar surface area (TPSA) is 12.0 Å². The van der Waals surface area contributed by atoms with Gasteiger partial charge in [-0.2, -0.15) is 0 Å². The van der Waals surface area contributed by atoms with Gasteiger partial charge >= 0.3 is 0 Å². The van der Waals surface area contributed by atoms with Crippen molar-refractivity contribution in [3.8, 4) is 0 Å². The van der Waals surface area contributed by atoms with Crippen LogP contribution in [-0.4, -0.2) is 13.1 Å². The molecular weight excluding hydrogens is 241 g/mol. The zero-order valence-electron chi connectivity index (χ0n) is 10.3. The number of nitrogens with one attached hydrogen (secondary N) is 1. The minimum absolute atomic E-state index is 0.206. The van der Waals surface area contributed by atoms with Gasteiger partial charge in [-0.05, 0) is 36.6 Å². The molecule has 1 aromatic carbocycles. The number of hydrogen-bond donors (Lipinski definition) is 1. The molecular formula is C13H19Cl2N. The van der Waals surface area contributed by atoms with Gasteiger partial charge in [0, 0.05) is 16.1 Å². The van der Waals surface area contributed by atoms with Crippen LogP contribution in [0.5, 0.6) is 0 Å². The number of rotatable bonds is 3. The molecule has 0 amide bonds. The predicted molar refractivity (Wildman–Crippen MR) is 72.5 cm³/mol. The van der Waals surface area contributed by atoms with Gasteiger partial charge in [-0.15, -0.1) is 0 Å². The third kappa shape index (κ3) is 3.65. The van der Waals surface area contributed by atoms with Crippen molar-refractivity contribution in [1.29, 1.82) is 0 Å². The average molecular weight is 260 g/mol. The molecule has 0 heterocycles. The van der Waals surface area contributed by atoms with Crippen molar-refractivity contribution in [2.45, 2.75) is 33.2 Å². The molecule has 0 aliphatic rings. The summed E-state index contributed by atoms with van der Waals surface area (Å²) in [6.45, 7) is 6.66. The molecule has 1 nitrogen and oxygen atoms in total. The normalized spacial score (nSPS) is 13.9. The number of benzene rings is 1. The van der Waals surface area contributed by atoms with Gasteiger partial charge in [0.25, 0.3) is 0 Å². The largest absolute Gasteiger partial charge is 0.316 e. The fourth-order valence-electron chi connectivity index (χ4n) is 1.75. The Morgan fingerprint density at radius 3 is 2.31 bits per heavy atom. The zero-order valence-corrected chi connectivity index (χ0v) is 11.8. The molecule has 0 spiro atoms. The minimum Gasteiger partial charge on any atom is -0.316 e. The van der Waals surface area contributed by atoms with E-state index < -0.39 is 0 Å². The van der Waals surface area contributed by atoms with Crippen molar-refractivity contribution in [1.82, 2.24) is 5.32 Å². The first kappa shape index (κ1) is 13.8. The monoisotopic (exact) mass is 259 g/mol. The van der Waals surface area contributed by atoms with E-state index in [0.717, 1.165) is 17.0 Å². The van der Waals surface area contributed by atoms with E-state index in [1.54, 1.807) is 6.07 Å². The van der Waals surface area contributed by atoms with E-state index in [1.165, 1.54) is 0 Å². The van der Waals surface area contributed by atoms with Gasteiger partial charge in [-0.25, -0.2) is 0 Å². The Bertz CT molecular complexity index is 355. The molecule has 1 N–H and O–H groups in total. The summed E-state index contributed by atoms with van der Waals surface area (Å²) >= 11 is 12.0. The average Bonchev–Trinajstić information content (AvgIpc) is 2.14. The molecule has 0 saturated heterocycles. The molecule has 0 aliphatic heterocycles. The molecule has 1 atom stereocenters. The van der Waals surface area contributed by atoms with Gasteiger partial charge in [0.1, 0.15) is 0 Å². The summed E-state index contributed by atoms with van der Waals surface area (Å²) in [5, 5.41) is 4.77. The highest BCUT2D eigenvalue weighted by Crippen LogP contribution is 2.27. The Labute approximate surface area is 108 Å². The molecule has 1 unspecified atom stereocenters. The van der Waals surface area contributed by atoms with E-state index in [0.29, 0.717) is 11.1 Å².